The van der Waals surface area contributed by atoms with Crippen molar-refractivity contribution < 1.29 is 31.5 Å². The molecular formula is C24H19F5N2O2. The fraction of sp³-hybridized carbons (Fsp3) is 0.208. The Morgan fingerprint density at radius 3 is 2.00 bits per heavy atom. The first-order valence-electron chi connectivity index (χ1n) is 10.2. The van der Waals surface area contributed by atoms with Crippen LogP contribution in [-0.2, 0) is 6.61 Å². The van der Waals surface area contributed by atoms with E-state index in [1.54, 1.807) is 24.3 Å². The van der Waals surface area contributed by atoms with Gasteiger partial charge in [-0.3, -0.25) is 4.79 Å². The Balaban J connectivity index is 1.42. The second kappa shape index (κ2) is 9.48. The van der Waals surface area contributed by atoms with E-state index < -0.39 is 34.8 Å². The quantitative estimate of drug-likeness (QED) is 0.307. The normalized spacial score (nSPS) is 13.8. The molecule has 0 N–H and O–H groups in total. The van der Waals surface area contributed by atoms with Crippen LogP contribution in [0.5, 0.6) is 5.75 Å². The predicted octanol–water partition coefficient (Wildman–Crippen LogP) is 4.92. The molecule has 0 saturated carbocycles. The lowest BCUT2D eigenvalue weighted by molar-refractivity contribution is 0.0746. The topological polar surface area (TPSA) is 32.8 Å². The van der Waals surface area contributed by atoms with Gasteiger partial charge in [0.05, 0.1) is 0 Å². The number of hydrogen-bond donors (Lipinski definition) is 0. The van der Waals surface area contributed by atoms with Gasteiger partial charge in [-0.05, 0) is 23.8 Å². The highest BCUT2D eigenvalue weighted by molar-refractivity contribution is 5.94. The van der Waals surface area contributed by atoms with E-state index in [0.717, 1.165) is 10.5 Å². The maximum absolute atomic E-state index is 14.1. The number of hydrogen-bond acceptors (Lipinski definition) is 3. The fourth-order valence-electron chi connectivity index (χ4n) is 3.65. The van der Waals surface area contributed by atoms with Gasteiger partial charge >= 0.3 is 0 Å². The van der Waals surface area contributed by atoms with Crippen molar-refractivity contribution in [2.24, 2.45) is 0 Å². The van der Waals surface area contributed by atoms with Crippen LogP contribution in [-0.4, -0.2) is 37.0 Å². The first kappa shape index (κ1) is 22.6. The molecule has 9 heteroatoms. The lowest BCUT2D eigenvalue weighted by Crippen LogP contribution is -2.49. The van der Waals surface area contributed by atoms with Gasteiger partial charge in [0, 0.05) is 31.7 Å². The summed E-state index contributed by atoms with van der Waals surface area (Å²) in [6, 6.07) is 16.1. The SMILES string of the molecule is O=C(c1cccc(OCc2ccccc2)c1)N1CCN(c2c(F)c(F)c(F)c(F)c2F)CC1. The van der Waals surface area contributed by atoms with Crippen molar-refractivity contribution in [1.82, 2.24) is 4.90 Å². The monoisotopic (exact) mass is 462 g/mol. The highest BCUT2D eigenvalue weighted by Crippen LogP contribution is 2.31. The third kappa shape index (κ3) is 4.62. The van der Waals surface area contributed by atoms with Crippen LogP contribution < -0.4 is 9.64 Å². The molecule has 0 unspecified atom stereocenters. The van der Waals surface area contributed by atoms with Crippen molar-refractivity contribution in [1.29, 1.82) is 0 Å². The molecule has 1 saturated heterocycles. The summed E-state index contributed by atoms with van der Waals surface area (Å²) in [5.41, 5.74) is 0.360. The molecule has 1 heterocycles. The van der Waals surface area contributed by atoms with E-state index >= 15 is 0 Å². The summed E-state index contributed by atoms with van der Waals surface area (Å²) in [7, 11) is 0. The lowest BCUT2D eigenvalue weighted by atomic mass is 10.1. The Morgan fingerprint density at radius 1 is 0.758 bits per heavy atom. The summed E-state index contributed by atoms with van der Waals surface area (Å²) in [6.45, 7) is 0.252. The second-order valence-electron chi connectivity index (χ2n) is 7.50. The molecule has 0 spiro atoms. The van der Waals surface area contributed by atoms with Gasteiger partial charge in [-0.15, -0.1) is 0 Å². The number of nitrogens with zero attached hydrogens (tertiary/aromatic N) is 2. The highest BCUT2D eigenvalue weighted by atomic mass is 19.2. The van der Waals surface area contributed by atoms with Crippen LogP contribution in [0, 0.1) is 29.1 Å². The number of carbonyl (C=O) groups excluding carboxylic acids is 1. The van der Waals surface area contributed by atoms with Crippen molar-refractivity contribution in [2.75, 3.05) is 31.1 Å². The number of carbonyl (C=O) groups is 1. The van der Waals surface area contributed by atoms with E-state index in [4.69, 9.17) is 4.74 Å². The molecule has 3 aromatic rings. The summed E-state index contributed by atoms with van der Waals surface area (Å²) >= 11 is 0. The zero-order valence-corrected chi connectivity index (χ0v) is 17.3. The molecule has 0 aliphatic carbocycles. The van der Waals surface area contributed by atoms with E-state index in [1.165, 1.54) is 4.90 Å². The molecule has 1 aliphatic rings. The van der Waals surface area contributed by atoms with Crippen LogP contribution in [0.15, 0.2) is 54.6 Å². The van der Waals surface area contributed by atoms with Crippen LogP contribution in [0.2, 0.25) is 0 Å². The first-order valence-corrected chi connectivity index (χ1v) is 10.2. The predicted molar refractivity (Wildman–Crippen MR) is 112 cm³/mol. The van der Waals surface area contributed by atoms with E-state index in [2.05, 4.69) is 0 Å². The summed E-state index contributed by atoms with van der Waals surface area (Å²) in [4.78, 5) is 15.4. The molecule has 1 aliphatic heterocycles. The molecule has 0 radical (unpaired) electrons. The Hall–Kier alpha value is -3.62. The van der Waals surface area contributed by atoms with Crippen LogP contribution in [0.1, 0.15) is 15.9 Å². The van der Waals surface area contributed by atoms with Crippen molar-refractivity contribution in [2.45, 2.75) is 6.61 Å². The van der Waals surface area contributed by atoms with Crippen molar-refractivity contribution in [3.8, 4) is 5.75 Å². The smallest absolute Gasteiger partial charge is 0.254 e. The zero-order chi connectivity index (χ0) is 23.5. The first-order chi connectivity index (χ1) is 15.9. The number of benzene rings is 3. The van der Waals surface area contributed by atoms with E-state index in [-0.39, 0.29) is 32.1 Å². The van der Waals surface area contributed by atoms with Crippen LogP contribution in [0.4, 0.5) is 27.6 Å². The second-order valence-corrected chi connectivity index (χ2v) is 7.50. The van der Waals surface area contributed by atoms with Crippen LogP contribution in [0.25, 0.3) is 0 Å². The van der Waals surface area contributed by atoms with Gasteiger partial charge in [-0.1, -0.05) is 36.4 Å². The van der Waals surface area contributed by atoms with Gasteiger partial charge in [0.25, 0.3) is 5.91 Å². The van der Waals surface area contributed by atoms with Crippen molar-refractivity contribution in [3.63, 3.8) is 0 Å². The number of ether oxygens (including phenoxy) is 1. The molecule has 1 fully saturated rings. The minimum absolute atomic E-state index is 0.0490. The molecule has 4 rings (SSSR count). The molecule has 4 nitrogen and oxygen atoms in total. The van der Waals surface area contributed by atoms with Crippen LogP contribution in [0.3, 0.4) is 0 Å². The maximum atomic E-state index is 14.1. The molecule has 0 bridgehead atoms. The highest BCUT2D eigenvalue weighted by Gasteiger charge is 2.31. The average molecular weight is 462 g/mol. The maximum Gasteiger partial charge on any atom is 0.254 e. The van der Waals surface area contributed by atoms with Crippen molar-refractivity contribution >= 4 is 11.6 Å². The van der Waals surface area contributed by atoms with Gasteiger partial charge in [-0.25, -0.2) is 22.0 Å². The molecule has 172 valence electrons. The van der Waals surface area contributed by atoms with Crippen molar-refractivity contribution in [3.05, 3.63) is 94.8 Å². The molecule has 0 aromatic heterocycles. The van der Waals surface area contributed by atoms with E-state index in [1.807, 2.05) is 30.3 Å². The Labute approximate surface area is 186 Å². The minimum Gasteiger partial charge on any atom is -0.489 e. The Morgan fingerprint density at radius 2 is 1.36 bits per heavy atom. The number of anilines is 1. The van der Waals surface area contributed by atoms with Gasteiger partial charge in [0.1, 0.15) is 18.0 Å². The zero-order valence-electron chi connectivity index (χ0n) is 17.3. The summed E-state index contributed by atoms with van der Waals surface area (Å²) in [5, 5.41) is 0. The Bertz CT molecular complexity index is 1140. The van der Waals surface area contributed by atoms with Crippen LogP contribution >= 0.6 is 0 Å². The molecule has 1 amide bonds. The van der Waals surface area contributed by atoms with Gasteiger partial charge in [-0.2, -0.15) is 0 Å². The lowest BCUT2D eigenvalue weighted by Gasteiger charge is -2.36. The summed E-state index contributed by atoms with van der Waals surface area (Å²) in [6.07, 6.45) is 0. The third-order valence-corrected chi connectivity index (χ3v) is 5.40. The fourth-order valence-corrected chi connectivity index (χ4v) is 3.65. The number of amides is 1. The Kier molecular flexibility index (Phi) is 6.48. The third-order valence-electron chi connectivity index (χ3n) is 5.40. The van der Waals surface area contributed by atoms with E-state index in [9.17, 15) is 26.7 Å². The molecule has 0 atom stereocenters. The van der Waals surface area contributed by atoms with Gasteiger partial charge < -0.3 is 14.5 Å². The molecule has 33 heavy (non-hydrogen) atoms. The summed E-state index contributed by atoms with van der Waals surface area (Å²) < 4.78 is 74.3. The van der Waals surface area contributed by atoms with Gasteiger partial charge in [0.2, 0.25) is 5.82 Å². The largest absolute Gasteiger partial charge is 0.489 e. The molecule has 3 aromatic carbocycles. The average Bonchev–Trinajstić information content (AvgIpc) is 2.86. The molecular weight excluding hydrogens is 443 g/mol. The van der Waals surface area contributed by atoms with E-state index in [0.29, 0.717) is 17.9 Å². The number of rotatable bonds is 5. The summed E-state index contributed by atoms with van der Waals surface area (Å²) in [5.74, 6) is -9.76. The minimum atomic E-state index is -2.20. The van der Waals surface area contributed by atoms with Gasteiger partial charge in [0.15, 0.2) is 23.3 Å². The standard InChI is InChI=1S/C24H19F5N2O2/c25-18-19(26)21(28)23(22(29)20(18)27)30-9-11-31(12-10-30)24(32)16-7-4-8-17(13-16)33-14-15-5-2-1-3-6-15/h1-8,13H,9-12,14H2. The number of halogens is 5. The number of piperazine rings is 1.